The van der Waals surface area contributed by atoms with Gasteiger partial charge in [-0.3, -0.25) is 20.2 Å². The number of nitro groups is 2. The molecule has 0 spiro atoms. The molecule has 0 aromatic heterocycles. The van der Waals surface area contributed by atoms with Gasteiger partial charge in [-0.1, -0.05) is 18.2 Å². The monoisotopic (exact) mass is 494 g/mol. The van der Waals surface area contributed by atoms with E-state index in [0.717, 1.165) is 9.64 Å². The fraction of sp³-hybridized carbons (Fsp3) is 0.200. The molecule has 2 aromatic rings. The first-order valence-corrected chi connectivity index (χ1v) is 12.6. The smallest absolute Gasteiger partial charge is 0.362 e. The van der Waals surface area contributed by atoms with E-state index in [1.165, 1.54) is 6.07 Å². The fourth-order valence-electron chi connectivity index (χ4n) is 1.88. The lowest BCUT2D eigenvalue weighted by molar-refractivity contribution is -0.598. The number of hydrogen-bond acceptors (Lipinski definition) is 5. The van der Waals surface area contributed by atoms with Crippen LogP contribution in [0.1, 0.15) is 0 Å². The molecule has 0 aliphatic heterocycles. The summed E-state index contributed by atoms with van der Waals surface area (Å²) < 4.78 is 7.50. The second-order valence-electron chi connectivity index (χ2n) is 5.89. The van der Waals surface area contributed by atoms with Crippen LogP contribution in [0.3, 0.4) is 0 Å². The molecule has 0 unspecified atom stereocenters. The Balaban J connectivity index is 0.00000312. The van der Waals surface area contributed by atoms with E-state index < -0.39 is 39.4 Å². The fourth-order valence-corrected chi connectivity index (χ4v) is 5.47. The van der Waals surface area contributed by atoms with Gasteiger partial charge in [-0.15, -0.1) is 0 Å². The largest absolute Gasteiger partial charge is 1.00 e. The third kappa shape index (κ3) is 5.94. The van der Waals surface area contributed by atoms with Crippen molar-refractivity contribution in [3.05, 3.63) is 69.8 Å². The third-order valence-corrected chi connectivity index (χ3v) is 6.31. The van der Waals surface area contributed by atoms with Crippen LogP contribution < -0.4 is 38.0 Å². The quantitative estimate of drug-likeness (QED) is 0.198. The van der Waals surface area contributed by atoms with Crippen LogP contribution in [0.2, 0.25) is 19.6 Å². The maximum Gasteiger partial charge on any atom is 0.362 e. The lowest BCUT2D eigenvalue weighted by atomic mass is 10.2. The highest BCUT2D eigenvalue weighted by atomic mass is 127. The SMILES string of the molecule is C[Si](C)(C)Oc1c([I+]c2ccccc2)cc([N+](=O)[O-])cc1[N+](=O)[O-].[Cl-]. The van der Waals surface area contributed by atoms with Crippen molar-refractivity contribution in [3.63, 3.8) is 0 Å². The molecule has 0 heterocycles. The number of halogens is 2. The molecule has 0 bridgehead atoms. The van der Waals surface area contributed by atoms with E-state index in [0.29, 0.717) is 3.57 Å². The van der Waals surface area contributed by atoms with Crippen LogP contribution in [-0.2, 0) is 0 Å². The summed E-state index contributed by atoms with van der Waals surface area (Å²) in [4.78, 5) is 21.3. The topological polar surface area (TPSA) is 95.5 Å². The summed E-state index contributed by atoms with van der Waals surface area (Å²) in [5, 5.41) is 22.6. The first kappa shape index (κ1) is 21.3. The van der Waals surface area contributed by atoms with E-state index in [2.05, 4.69) is 0 Å². The van der Waals surface area contributed by atoms with Crippen LogP contribution in [-0.4, -0.2) is 18.2 Å². The minimum absolute atomic E-state index is 0. The first-order chi connectivity index (χ1) is 11.2. The van der Waals surface area contributed by atoms with Gasteiger partial charge in [0.1, 0.15) is 0 Å². The molecule has 0 fully saturated rings. The van der Waals surface area contributed by atoms with E-state index in [1.807, 2.05) is 50.0 Å². The van der Waals surface area contributed by atoms with Gasteiger partial charge in [0.15, 0.2) is 3.57 Å². The van der Waals surface area contributed by atoms with Gasteiger partial charge in [-0.25, -0.2) is 0 Å². The van der Waals surface area contributed by atoms with Crippen LogP contribution in [0.5, 0.6) is 5.75 Å². The highest BCUT2D eigenvalue weighted by Gasteiger charge is 2.35. The van der Waals surface area contributed by atoms with E-state index in [-0.39, 0.29) is 29.5 Å². The van der Waals surface area contributed by atoms with Gasteiger partial charge in [0.2, 0.25) is 17.6 Å². The van der Waals surface area contributed by atoms with Gasteiger partial charge >= 0.3 is 26.9 Å². The number of rotatable bonds is 6. The minimum Gasteiger partial charge on any atom is -1.00 e. The second kappa shape index (κ2) is 8.58. The lowest BCUT2D eigenvalue weighted by Gasteiger charge is -2.18. The number of nitro benzene ring substituents is 2. The van der Waals surface area contributed by atoms with E-state index in [4.69, 9.17) is 4.43 Å². The van der Waals surface area contributed by atoms with E-state index >= 15 is 0 Å². The van der Waals surface area contributed by atoms with Crippen LogP contribution in [0.4, 0.5) is 11.4 Å². The molecule has 0 amide bonds. The van der Waals surface area contributed by atoms with Gasteiger partial charge in [-0.2, -0.15) is 0 Å². The van der Waals surface area contributed by atoms with Crippen molar-refractivity contribution in [2.24, 2.45) is 0 Å². The van der Waals surface area contributed by atoms with Crippen molar-refractivity contribution >= 4 is 19.7 Å². The highest BCUT2D eigenvalue weighted by Crippen LogP contribution is 2.33. The Kier molecular flexibility index (Phi) is 7.32. The van der Waals surface area contributed by atoms with Gasteiger partial charge in [0.25, 0.3) is 5.69 Å². The molecule has 7 nitrogen and oxygen atoms in total. The summed E-state index contributed by atoms with van der Waals surface area (Å²) in [6.07, 6.45) is 0. The molecule has 0 atom stereocenters. The molecule has 10 heteroatoms. The Hall–Kier alpha value is -1.72. The molecule has 0 N–H and O–H groups in total. The number of hydrogen-bond donors (Lipinski definition) is 0. The van der Waals surface area contributed by atoms with Crippen molar-refractivity contribution < 1.29 is 47.9 Å². The Morgan fingerprint density at radius 3 is 2.08 bits per heavy atom. The maximum atomic E-state index is 11.4. The number of non-ortho nitro benzene ring substituents is 1. The van der Waals surface area contributed by atoms with Crippen LogP contribution in [0.25, 0.3) is 0 Å². The molecule has 0 aliphatic carbocycles. The van der Waals surface area contributed by atoms with Crippen molar-refractivity contribution in [1.29, 1.82) is 0 Å². The van der Waals surface area contributed by atoms with Crippen LogP contribution in [0.15, 0.2) is 42.5 Å². The zero-order chi connectivity index (χ0) is 17.9. The predicted octanol–water partition coefficient (Wildman–Crippen LogP) is -2.15. The summed E-state index contributed by atoms with van der Waals surface area (Å²) >= 11 is -0.844. The highest BCUT2D eigenvalue weighted by molar-refractivity contribution is 6.70. The van der Waals surface area contributed by atoms with Gasteiger partial charge in [0, 0.05) is 0 Å². The first-order valence-electron chi connectivity index (χ1n) is 7.03. The standard InChI is InChI=1S/C15H16IN2O5Si.ClH/c1-24(2,3)23-15-13(16-11-7-5-4-6-8-11)9-12(17(19)20)10-14(15)18(21)22;/h4-10H,1-3H3;1H/q+1;/p-1. The van der Waals surface area contributed by atoms with Crippen molar-refractivity contribution in [3.8, 4) is 5.75 Å². The van der Waals surface area contributed by atoms with Crippen molar-refractivity contribution in [2.45, 2.75) is 19.6 Å². The summed E-state index contributed by atoms with van der Waals surface area (Å²) in [5.41, 5.74) is -0.618. The predicted molar refractivity (Wildman–Crippen MR) is 87.6 cm³/mol. The summed E-state index contributed by atoms with van der Waals surface area (Å²) in [6, 6.07) is 11.8. The molecule has 25 heavy (non-hydrogen) atoms. The minimum atomic E-state index is -2.13. The maximum absolute atomic E-state index is 11.4. The Labute approximate surface area is 162 Å². The van der Waals surface area contributed by atoms with Gasteiger partial charge in [-0.05, 0) is 31.8 Å². The van der Waals surface area contributed by atoms with E-state index in [9.17, 15) is 20.2 Å². The molecule has 134 valence electrons. The van der Waals surface area contributed by atoms with Crippen molar-refractivity contribution in [2.75, 3.05) is 0 Å². The summed E-state index contributed by atoms with van der Waals surface area (Å²) in [7, 11) is -2.13. The number of benzene rings is 2. The molecule has 0 aliphatic rings. The molecule has 0 saturated heterocycles. The second-order valence-corrected chi connectivity index (χ2v) is 13.3. The van der Waals surface area contributed by atoms with Gasteiger partial charge in [0.05, 0.1) is 22.0 Å². The molecule has 0 radical (unpaired) electrons. The zero-order valence-corrected chi connectivity index (χ0v) is 17.6. The lowest BCUT2D eigenvalue weighted by Crippen LogP contribution is -3.61. The van der Waals surface area contributed by atoms with Crippen LogP contribution >= 0.6 is 0 Å². The Morgan fingerprint density at radius 2 is 1.60 bits per heavy atom. The molecule has 2 aromatic carbocycles. The third-order valence-electron chi connectivity index (χ3n) is 2.77. The average Bonchev–Trinajstić information content (AvgIpc) is 2.48. The Morgan fingerprint density at radius 1 is 1.00 bits per heavy atom. The summed E-state index contributed by atoms with van der Waals surface area (Å²) in [5.74, 6) is 0.182. The van der Waals surface area contributed by atoms with Gasteiger partial charge < -0.3 is 16.8 Å². The molecular formula is C15H16ClIN2O5Si. The van der Waals surface area contributed by atoms with Crippen LogP contribution in [0, 0.1) is 27.4 Å². The zero-order valence-electron chi connectivity index (χ0n) is 13.7. The van der Waals surface area contributed by atoms with E-state index in [1.54, 1.807) is 0 Å². The van der Waals surface area contributed by atoms with Crippen molar-refractivity contribution in [1.82, 2.24) is 0 Å². The Bertz CT molecular complexity index is 783. The molecule has 0 saturated carbocycles. The molecule has 2 rings (SSSR count). The summed E-state index contributed by atoms with van der Waals surface area (Å²) in [6.45, 7) is 5.76. The number of nitrogens with zero attached hydrogens (tertiary/aromatic N) is 2. The normalized spacial score (nSPS) is 10.7. The average molecular weight is 495 g/mol. The molecular weight excluding hydrogens is 479 g/mol.